The van der Waals surface area contributed by atoms with E-state index in [2.05, 4.69) is 16.0 Å². The molecule has 20 nitrogen and oxygen atoms in total. The molecule has 1 unspecified atom stereocenters. The third-order valence-electron chi connectivity index (χ3n) is 10.3. The van der Waals surface area contributed by atoms with E-state index >= 15 is 0 Å². The Kier molecular flexibility index (Phi) is 24.8. The van der Waals surface area contributed by atoms with E-state index in [4.69, 9.17) is 63.7 Å². The van der Waals surface area contributed by atoms with Gasteiger partial charge in [0.1, 0.15) is 36.4 Å². The van der Waals surface area contributed by atoms with Crippen molar-refractivity contribution in [1.29, 1.82) is 0 Å². The Morgan fingerprint density at radius 1 is 0.648 bits per heavy atom. The number of amides is 5. The van der Waals surface area contributed by atoms with Crippen LogP contribution in [0, 0.1) is 0 Å². The van der Waals surface area contributed by atoms with Gasteiger partial charge in [-0.05, 0) is 80.8 Å². The number of hydrogen-bond acceptors (Lipinski definition) is 16. The van der Waals surface area contributed by atoms with Gasteiger partial charge in [-0.15, -0.1) is 0 Å². The number of anilines is 1. The van der Waals surface area contributed by atoms with Crippen LogP contribution in [0.2, 0.25) is 5.02 Å². The molecule has 1 atom stereocenters. The molecule has 2 heterocycles. The van der Waals surface area contributed by atoms with Crippen molar-refractivity contribution in [2.75, 3.05) is 124 Å². The summed E-state index contributed by atoms with van der Waals surface area (Å²) in [6.07, 6.45) is 0.466. The summed E-state index contributed by atoms with van der Waals surface area (Å²) in [5.41, 5.74) is 2.37. The molecule has 1 saturated heterocycles. The topological polar surface area (TPSA) is 226 Å². The third kappa shape index (κ3) is 21.9. The van der Waals surface area contributed by atoms with Crippen LogP contribution >= 0.6 is 11.6 Å². The van der Waals surface area contributed by atoms with Gasteiger partial charge in [0, 0.05) is 41.9 Å². The van der Waals surface area contributed by atoms with Gasteiger partial charge in [-0.3, -0.25) is 19.7 Å². The summed E-state index contributed by atoms with van der Waals surface area (Å²) in [6, 6.07) is 15.8. The van der Waals surface area contributed by atoms with Gasteiger partial charge in [0.05, 0.1) is 111 Å². The number of urea groups is 1. The van der Waals surface area contributed by atoms with Crippen LogP contribution in [0.5, 0.6) is 11.5 Å². The van der Waals surface area contributed by atoms with Crippen molar-refractivity contribution in [2.45, 2.75) is 58.3 Å². The predicted molar refractivity (Wildman–Crippen MR) is 259 cm³/mol. The van der Waals surface area contributed by atoms with Crippen LogP contribution < -0.4 is 25.4 Å². The summed E-state index contributed by atoms with van der Waals surface area (Å²) in [5.74, 6) is -0.335. The second kappa shape index (κ2) is 31.1. The second-order valence-electron chi connectivity index (χ2n) is 17.0. The van der Waals surface area contributed by atoms with Gasteiger partial charge in [0.2, 0.25) is 11.8 Å². The van der Waals surface area contributed by atoms with Crippen molar-refractivity contribution >= 4 is 47.0 Å². The lowest BCUT2D eigenvalue weighted by atomic mass is 10.0. The maximum Gasteiger partial charge on any atom is 0.338 e. The molecular weight excluding hydrogens is 948 g/mol. The van der Waals surface area contributed by atoms with Crippen molar-refractivity contribution in [1.82, 2.24) is 15.5 Å². The van der Waals surface area contributed by atoms with Crippen LogP contribution in [0.4, 0.5) is 10.5 Å². The minimum Gasteiger partial charge on any atom is -0.491 e. The summed E-state index contributed by atoms with van der Waals surface area (Å²) in [5, 5.41) is 8.23. The Morgan fingerprint density at radius 3 is 1.66 bits per heavy atom. The quantitative estimate of drug-likeness (QED) is 0.0408. The van der Waals surface area contributed by atoms with Crippen molar-refractivity contribution < 1.29 is 76.1 Å². The lowest BCUT2D eigenvalue weighted by Crippen LogP contribution is -2.52. The zero-order valence-electron chi connectivity index (χ0n) is 40.8. The molecule has 3 aromatic rings. The van der Waals surface area contributed by atoms with E-state index < -0.39 is 23.6 Å². The van der Waals surface area contributed by atoms with Crippen molar-refractivity contribution in [3.05, 3.63) is 87.9 Å². The third-order valence-corrected chi connectivity index (χ3v) is 10.5. The summed E-state index contributed by atoms with van der Waals surface area (Å²) in [4.78, 5) is 63.2. The number of carbonyl (C=O) groups is 5. The fourth-order valence-electron chi connectivity index (χ4n) is 6.92. The zero-order valence-corrected chi connectivity index (χ0v) is 41.5. The van der Waals surface area contributed by atoms with Crippen molar-refractivity contribution in [2.24, 2.45) is 0 Å². The highest BCUT2D eigenvalue weighted by Gasteiger charge is 2.39. The molecule has 0 bridgehead atoms. The average Bonchev–Trinajstić information content (AvgIpc) is 3.65. The highest BCUT2D eigenvalue weighted by Crippen LogP contribution is 2.29. The number of hydrogen-bond donors (Lipinski definition) is 3. The fraction of sp³-hybridized carbons (Fsp3) is 0.540. The first-order chi connectivity index (χ1) is 34.3. The Balaban J connectivity index is 0.752. The number of ether oxygens (including phenoxy) is 11. The van der Waals surface area contributed by atoms with Gasteiger partial charge in [-0.25, -0.2) is 9.59 Å². The van der Waals surface area contributed by atoms with E-state index in [9.17, 15) is 24.0 Å². The minimum absolute atomic E-state index is 0.182. The molecule has 0 radical (unpaired) electrons. The first-order valence-corrected chi connectivity index (χ1v) is 24.1. The average molecular weight is 1020 g/mol. The molecule has 5 rings (SSSR count). The molecule has 2 aliphatic rings. The van der Waals surface area contributed by atoms with Gasteiger partial charge in [0.25, 0.3) is 5.91 Å². The highest BCUT2D eigenvalue weighted by molar-refractivity contribution is 6.31. The molecule has 5 amide bonds. The van der Waals surface area contributed by atoms with Crippen molar-refractivity contribution in [3.63, 3.8) is 0 Å². The Morgan fingerprint density at radius 2 is 1.15 bits per heavy atom. The smallest absolute Gasteiger partial charge is 0.338 e. The number of carbonyl (C=O) groups excluding carboxylic acids is 5. The molecule has 0 saturated carbocycles. The molecule has 71 heavy (non-hydrogen) atoms. The Labute approximate surface area is 419 Å². The zero-order chi connectivity index (χ0) is 50.7. The van der Waals surface area contributed by atoms with Gasteiger partial charge >= 0.3 is 12.0 Å². The van der Waals surface area contributed by atoms with Crippen LogP contribution in [-0.4, -0.2) is 165 Å². The molecule has 21 heteroatoms. The fourth-order valence-corrected chi connectivity index (χ4v) is 7.14. The minimum atomic E-state index is -0.696. The lowest BCUT2D eigenvalue weighted by Gasteiger charge is -2.29. The number of nitrogens with zero attached hydrogens (tertiary/aromatic N) is 1. The summed E-state index contributed by atoms with van der Waals surface area (Å²) in [7, 11) is 0. The number of piperidine rings is 1. The van der Waals surface area contributed by atoms with Crippen LogP contribution in [0.15, 0.2) is 60.7 Å². The largest absolute Gasteiger partial charge is 0.491 e. The van der Waals surface area contributed by atoms with Crippen LogP contribution in [0.1, 0.15) is 65.5 Å². The standard InChI is InChI=1S/C50H67ClN4O16/c1-50(2,3)71-48(59)37-5-7-41(8-6-37)69-28-26-67-24-22-65-20-18-63-16-14-61-12-13-62-15-17-64-19-21-66-23-25-68-27-29-70-42-32-39(51)31-40(33-42)53-49(60)52-34-36-4-9-43-38(30-36)35-55(47(43)58)44-10-11-45(56)54-46(44)57/h4-9,30-33,44H,10-29,34-35H2,1-3H3,(H2,52,53,60)(H,54,56,57). The van der Waals surface area contributed by atoms with Crippen LogP contribution in [0.25, 0.3) is 0 Å². The summed E-state index contributed by atoms with van der Waals surface area (Å²) >= 11 is 6.28. The number of fused-ring (bicyclic) bond motifs is 1. The first kappa shape index (κ1) is 56.5. The highest BCUT2D eigenvalue weighted by atomic mass is 35.5. The van der Waals surface area contributed by atoms with E-state index in [-0.39, 0.29) is 50.3 Å². The second-order valence-corrected chi connectivity index (χ2v) is 17.4. The molecule has 1 fully saturated rings. The van der Waals surface area contributed by atoms with E-state index in [0.717, 1.165) is 11.1 Å². The van der Waals surface area contributed by atoms with E-state index in [1.54, 1.807) is 54.6 Å². The van der Waals surface area contributed by atoms with E-state index in [1.807, 2.05) is 26.8 Å². The van der Waals surface area contributed by atoms with E-state index in [1.165, 1.54) is 4.90 Å². The van der Waals surface area contributed by atoms with Crippen LogP contribution in [-0.2, 0) is 65.3 Å². The molecule has 0 aromatic heterocycles. The van der Waals surface area contributed by atoms with E-state index in [0.29, 0.717) is 146 Å². The monoisotopic (exact) mass is 1010 g/mol. The SMILES string of the molecule is CC(C)(C)OC(=O)c1ccc(OCCOCCOCCOCCOCCOCCOCCOCCOCCOc2cc(Cl)cc(NC(=O)NCc3ccc4c(c3)CN(C3CCC(=O)NC3=O)C4=O)c2)cc1. The predicted octanol–water partition coefficient (Wildman–Crippen LogP) is 4.97. The van der Waals surface area contributed by atoms with Gasteiger partial charge in [-0.2, -0.15) is 0 Å². The summed E-state index contributed by atoms with van der Waals surface area (Å²) < 4.78 is 61.0. The van der Waals surface area contributed by atoms with Gasteiger partial charge in [0.15, 0.2) is 0 Å². The number of halogens is 1. The maximum atomic E-state index is 13.0. The number of benzene rings is 3. The molecular formula is C50H67ClN4O16. The van der Waals surface area contributed by atoms with Gasteiger partial charge in [-0.1, -0.05) is 23.7 Å². The Bertz CT molecular complexity index is 2140. The number of imide groups is 1. The molecule has 0 aliphatic carbocycles. The molecule has 3 aromatic carbocycles. The molecule has 2 aliphatic heterocycles. The number of rotatable bonds is 34. The first-order valence-electron chi connectivity index (χ1n) is 23.7. The van der Waals surface area contributed by atoms with Crippen LogP contribution in [0.3, 0.4) is 0 Å². The van der Waals surface area contributed by atoms with Crippen molar-refractivity contribution in [3.8, 4) is 11.5 Å². The van der Waals surface area contributed by atoms with Gasteiger partial charge < -0.3 is 67.6 Å². The molecule has 0 spiro atoms. The number of esters is 1. The number of nitrogens with one attached hydrogen (secondary N) is 3. The lowest BCUT2D eigenvalue weighted by molar-refractivity contribution is -0.136. The molecule has 3 N–H and O–H groups in total. The molecule has 390 valence electrons. The Hall–Kier alpha value is -5.42. The summed E-state index contributed by atoms with van der Waals surface area (Å²) in [6.45, 7) is 13.3. The maximum absolute atomic E-state index is 13.0. The normalized spacial score (nSPS) is 14.6.